The lowest BCUT2D eigenvalue weighted by atomic mass is 10.0. The number of hydrogen-bond donors (Lipinski definition) is 0. The Labute approximate surface area is 117 Å². The molecule has 0 spiro atoms. The fraction of sp³-hybridized carbons (Fsp3) is 0.188. The van der Waals surface area contributed by atoms with Gasteiger partial charge in [0.1, 0.15) is 5.82 Å². The maximum Gasteiger partial charge on any atom is 0.193 e. The van der Waals surface area contributed by atoms with Crippen LogP contribution in [-0.2, 0) is 0 Å². The van der Waals surface area contributed by atoms with E-state index in [-0.39, 0.29) is 5.78 Å². The Bertz CT molecular complexity index is 630. The fourth-order valence-electron chi connectivity index (χ4n) is 2.01. The van der Waals surface area contributed by atoms with E-state index in [1.165, 1.54) is 26.4 Å². The summed E-state index contributed by atoms with van der Waals surface area (Å²) in [5, 5.41) is 0. The van der Waals surface area contributed by atoms with Gasteiger partial charge in [-0.1, -0.05) is 0 Å². The van der Waals surface area contributed by atoms with Gasteiger partial charge in [-0.3, -0.25) is 4.79 Å². The van der Waals surface area contributed by atoms with Crippen LogP contribution in [0.1, 0.15) is 21.5 Å². The van der Waals surface area contributed by atoms with Gasteiger partial charge in [0.05, 0.1) is 14.2 Å². The quantitative estimate of drug-likeness (QED) is 0.802. The predicted octanol–water partition coefficient (Wildman–Crippen LogP) is 3.38. The fourth-order valence-corrected chi connectivity index (χ4v) is 2.01. The Balaban J connectivity index is 2.42. The number of carbonyl (C=O) groups is 1. The van der Waals surface area contributed by atoms with Gasteiger partial charge in [-0.25, -0.2) is 4.39 Å². The average molecular weight is 274 g/mol. The van der Waals surface area contributed by atoms with Crippen molar-refractivity contribution in [2.45, 2.75) is 6.92 Å². The number of aryl methyl sites for hydroxylation is 1. The molecule has 3 nitrogen and oxygen atoms in total. The van der Waals surface area contributed by atoms with E-state index in [1.54, 1.807) is 31.2 Å². The number of carbonyl (C=O) groups excluding carboxylic acids is 1. The van der Waals surface area contributed by atoms with Crippen LogP contribution in [0.2, 0.25) is 0 Å². The molecule has 0 aliphatic rings. The smallest absolute Gasteiger partial charge is 0.193 e. The Morgan fingerprint density at radius 2 is 1.65 bits per heavy atom. The summed E-state index contributed by atoms with van der Waals surface area (Å²) in [6.07, 6.45) is 0. The number of benzene rings is 2. The second-order valence-corrected chi connectivity index (χ2v) is 4.42. The molecule has 0 heterocycles. The van der Waals surface area contributed by atoms with E-state index in [1.807, 2.05) is 0 Å². The highest BCUT2D eigenvalue weighted by molar-refractivity contribution is 6.09. The van der Waals surface area contributed by atoms with E-state index in [2.05, 4.69) is 0 Å². The van der Waals surface area contributed by atoms with Gasteiger partial charge in [0.2, 0.25) is 0 Å². The molecule has 0 aliphatic carbocycles. The van der Waals surface area contributed by atoms with E-state index in [0.29, 0.717) is 28.2 Å². The van der Waals surface area contributed by atoms with Gasteiger partial charge in [-0.05, 0) is 48.9 Å². The molecule has 2 aromatic rings. The van der Waals surface area contributed by atoms with Gasteiger partial charge in [-0.2, -0.15) is 0 Å². The average Bonchev–Trinajstić information content (AvgIpc) is 2.44. The monoisotopic (exact) mass is 274 g/mol. The number of halogens is 1. The van der Waals surface area contributed by atoms with E-state index in [9.17, 15) is 9.18 Å². The molecule has 20 heavy (non-hydrogen) atoms. The normalized spacial score (nSPS) is 10.2. The summed E-state index contributed by atoms with van der Waals surface area (Å²) in [5.74, 6) is 0.327. The van der Waals surface area contributed by atoms with Gasteiger partial charge in [0, 0.05) is 11.1 Å². The van der Waals surface area contributed by atoms with Crippen molar-refractivity contribution in [3.05, 3.63) is 58.9 Å². The molecule has 0 fully saturated rings. The first-order chi connectivity index (χ1) is 9.55. The first kappa shape index (κ1) is 14.1. The molecule has 0 aromatic heterocycles. The summed E-state index contributed by atoms with van der Waals surface area (Å²) in [7, 11) is 3.02. The maximum absolute atomic E-state index is 13.4. The van der Waals surface area contributed by atoms with Crippen molar-refractivity contribution in [1.82, 2.24) is 0 Å². The summed E-state index contributed by atoms with van der Waals surface area (Å²) < 4.78 is 23.6. The molecule has 0 amide bonds. The van der Waals surface area contributed by atoms with Crippen LogP contribution in [0, 0.1) is 12.7 Å². The molecule has 4 heteroatoms. The molecule has 104 valence electrons. The molecule has 0 saturated heterocycles. The highest BCUT2D eigenvalue weighted by Gasteiger charge is 2.13. The molecule has 0 aliphatic heterocycles. The van der Waals surface area contributed by atoms with E-state index < -0.39 is 5.82 Å². The van der Waals surface area contributed by atoms with Gasteiger partial charge >= 0.3 is 0 Å². The predicted molar refractivity (Wildman–Crippen MR) is 74.1 cm³/mol. The lowest BCUT2D eigenvalue weighted by Crippen LogP contribution is -2.03. The van der Waals surface area contributed by atoms with Crippen LogP contribution in [0.15, 0.2) is 36.4 Å². The summed E-state index contributed by atoms with van der Waals surface area (Å²) in [6.45, 7) is 1.74. The van der Waals surface area contributed by atoms with E-state index >= 15 is 0 Å². The second-order valence-electron chi connectivity index (χ2n) is 4.42. The van der Waals surface area contributed by atoms with Crippen LogP contribution in [0.25, 0.3) is 0 Å². The molecule has 2 aromatic carbocycles. The third-order valence-electron chi connectivity index (χ3n) is 2.95. The lowest BCUT2D eigenvalue weighted by molar-refractivity contribution is 0.103. The molecule has 0 radical (unpaired) electrons. The second kappa shape index (κ2) is 5.74. The SMILES string of the molecule is COc1ccc(C(=O)c2cc(C)cc(F)c2)cc1OC. The van der Waals surface area contributed by atoms with Crippen LogP contribution in [-0.4, -0.2) is 20.0 Å². The molecule has 0 bridgehead atoms. The van der Waals surface area contributed by atoms with Crippen LogP contribution < -0.4 is 9.47 Å². The Morgan fingerprint density at radius 3 is 2.25 bits per heavy atom. The number of ketones is 1. The minimum atomic E-state index is -0.422. The molecule has 0 atom stereocenters. The van der Waals surface area contributed by atoms with Crippen molar-refractivity contribution in [3.8, 4) is 11.5 Å². The summed E-state index contributed by atoms with van der Waals surface area (Å²) >= 11 is 0. The Hall–Kier alpha value is -2.36. The van der Waals surface area contributed by atoms with Crippen molar-refractivity contribution < 1.29 is 18.7 Å². The van der Waals surface area contributed by atoms with Crippen molar-refractivity contribution >= 4 is 5.78 Å². The third-order valence-corrected chi connectivity index (χ3v) is 2.95. The molecular weight excluding hydrogens is 259 g/mol. The molecule has 0 N–H and O–H groups in total. The summed E-state index contributed by atoms with van der Waals surface area (Å²) in [5.41, 5.74) is 1.44. The van der Waals surface area contributed by atoms with Gasteiger partial charge in [0.15, 0.2) is 17.3 Å². The molecule has 2 rings (SSSR count). The Kier molecular flexibility index (Phi) is 4.03. The first-order valence-electron chi connectivity index (χ1n) is 6.09. The number of ether oxygens (including phenoxy) is 2. The van der Waals surface area contributed by atoms with Crippen molar-refractivity contribution in [2.24, 2.45) is 0 Å². The lowest BCUT2D eigenvalue weighted by Gasteiger charge is -2.09. The van der Waals surface area contributed by atoms with Crippen molar-refractivity contribution in [3.63, 3.8) is 0 Å². The zero-order chi connectivity index (χ0) is 14.7. The Morgan fingerprint density at radius 1 is 0.950 bits per heavy atom. The van der Waals surface area contributed by atoms with Crippen molar-refractivity contribution in [2.75, 3.05) is 14.2 Å². The van der Waals surface area contributed by atoms with E-state index in [4.69, 9.17) is 9.47 Å². The van der Waals surface area contributed by atoms with Crippen molar-refractivity contribution in [1.29, 1.82) is 0 Å². The topological polar surface area (TPSA) is 35.5 Å². The van der Waals surface area contributed by atoms with E-state index in [0.717, 1.165) is 0 Å². The molecule has 0 unspecified atom stereocenters. The van der Waals surface area contributed by atoms with Crippen LogP contribution in [0.4, 0.5) is 4.39 Å². The largest absolute Gasteiger partial charge is 0.493 e. The highest BCUT2D eigenvalue weighted by Crippen LogP contribution is 2.28. The third kappa shape index (κ3) is 2.79. The molecular formula is C16H15FO3. The minimum Gasteiger partial charge on any atom is -0.493 e. The zero-order valence-electron chi connectivity index (χ0n) is 11.6. The van der Waals surface area contributed by atoms with Crippen LogP contribution in [0.5, 0.6) is 11.5 Å². The highest BCUT2D eigenvalue weighted by atomic mass is 19.1. The molecule has 0 saturated carbocycles. The summed E-state index contributed by atoms with van der Waals surface area (Å²) in [4.78, 5) is 12.4. The first-order valence-corrected chi connectivity index (χ1v) is 6.09. The van der Waals surface area contributed by atoms with Crippen LogP contribution >= 0.6 is 0 Å². The minimum absolute atomic E-state index is 0.256. The number of methoxy groups -OCH3 is 2. The van der Waals surface area contributed by atoms with Gasteiger partial charge in [0.25, 0.3) is 0 Å². The summed E-state index contributed by atoms with van der Waals surface area (Å²) in [6, 6.07) is 9.13. The number of hydrogen-bond acceptors (Lipinski definition) is 3. The maximum atomic E-state index is 13.4. The van der Waals surface area contributed by atoms with Gasteiger partial charge < -0.3 is 9.47 Å². The van der Waals surface area contributed by atoms with Crippen LogP contribution in [0.3, 0.4) is 0 Å². The zero-order valence-corrected chi connectivity index (χ0v) is 11.6. The number of rotatable bonds is 4. The van der Waals surface area contributed by atoms with Gasteiger partial charge in [-0.15, -0.1) is 0 Å². The standard InChI is InChI=1S/C16H15FO3/c1-10-6-12(8-13(17)7-10)16(18)11-4-5-14(19-2)15(9-11)20-3/h4-9H,1-3H3.